The summed E-state index contributed by atoms with van der Waals surface area (Å²) in [6, 6.07) is -0.568. The topological polar surface area (TPSA) is 110 Å². The van der Waals surface area contributed by atoms with Crippen LogP contribution in [0, 0.1) is 13.8 Å². The van der Waals surface area contributed by atoms with Gasteiger partial charge >= 0.3 is 0 Å². The number of aromatic nitrogens is 4. The number of hydrogen-bond donors (Lipinski definition) is 3. The molecule has 0 aliphatic rings. The molecule has 2 rings (SSSR count). The number of nitrogens with one attached hydrogen (secondary N) is 2. The summed E-state index contributed by atoms with van der Waals surface area (Å²) in [6.07, 6.45) is 3.42. The molecule has 0 fully saturated rings. The van der Waals surface area contributed by atoms with Crippen molar-refractivity contribution in [2.75, 3.05) is 5.32 Å². The van der Waals surface area contributed by atoms with Crippen molar-refractivity contribution in [1.82, 2.24) is 20.2 Å². The number of carbonyl (C=O) groups is 1. The van der Waals surface area contributed by atoms with Crippen LogP contribution in [0.3, 0.4) is 0 Å². The Morgan fingerprint density at radius 1 is 1.38 bits per heavy atom. The van der Waals surface area contributed by atoms with Gasteiger partial charge in [0.25, 0.3) is 5.91 Å². The average molecular weight is 369 g/mol. The van der Waals surface area contributed by atoms with E-state index in [-0.39, 0.29) is 17.9 Å². The van der Waals surface area contributed by atoms with E-state index in [0.29, 0.717) is 0 Å². The summed E-state index contributed by atoms with van der Waals surface area (Å²) in [5.74, 6) is -0.256. The SMILES string of the molecule is C=C(C[C@H](N)C(Cl)Cl)C(=O)Nc1ncc(-c2c(C)n[nH]c2C)cn1. The van der Waals surface area contributed by atoms with Crippen LogP contribution in [0.2, 0.25) is 0 Å². The van der Waals surface area contributed by atoms with Crippen molar-refractivity contribution in [3.8, 4) is 11.1 Å². The van der Waals surface area contributed by atoms with E-state index in [1.165, 1.54) is 0 Å². The van der Waals surface area contributed by atoms with Crippen molar-refractivity contribution >= 4 is 35.1 Å². The largest absolute Gasteiger partial charge is 0.325 e. The molecular weight excluding hydrogens is 351 g/mol. The molecule has 0 bridgehead atoms. The second kappa shape index (κ2) is 7.74. The average Bonchev–Trinajstić information content (AvgIpc) is 2.87. The highest BCUT2D eigenvalue weighted by Crippen LogP contribution is 2.24. The quantitative estimate of drug-likeness (QED) is 0.535. The molecule has 1 atom stereocenters. The van der Waals surface area contributed by atoms with E-state index in [2.05, 4.69) is 32.1 Å². The molecule has 2 aromatic heterocycles. The van der Waals surface area contributed by atoms with Gasteiger partial charge in [-0.2, -0.15) is 5.10 Å². The second-order valence-corrected chi connectivity index (χ2v) is 6.53. The highest BCUT2D eigenvalue weighted by molar-refractivity contribution is 6.44. The van der Waals surface area contributed by atoms with Gasteiger partial charge in [-0.05, 0) is 20.3 Å². The van der Waals surface area contributed by atoms with Crippen LogP contribution in [0.15, 0.2) is 24.5 Å². The zero-order valence-electron chi connectivity index (χ0n) is 13.3. The van der Waals surface area contributed by atoms with Gasteiger partial charge in [-0.25, -0.2) is 9.97 Å². The first-order valence-electron chi connectivity index (χ1n) is 7.16. The fourth-order valence-electron chi connectivity index (χ4n) is 2.15. The number of carbonyl (C=O) groups excluding carboxylic acids is 1. The molecule has 24 heavy (non-hydrogen) atoms. The van der Waals surface area contributed by atoms with Crippen LogP contribution in [0.25, 0.3) is 11.1 Å². The molecule has 9 heteroatoms. The summed E-state index contributed by atoms with van der Waals surface area (Å²) in [4.78, 5) is 19.6. The molecule has 0 spiro atoms. The Balaban J connectivity index is 2.04. The molecule has 2 heterocycles. The summed E-state index contributed by atoms with van der Waals surface area (Å²) in [5, 5.41) is 9.60. The van der Waals surface area contributed by atoms with Crippen LogP contribution in [0.5, 0.6) is 0 Å². The molecular formula is C15H18Cl2N6O. The van der Waals surface area contributed by atoms with E-state index in [0.717, 1.165) is 22.5 Å². The number of anilines is 1. The predicted octanol–water partition coefficient (Wildman–Crippen LogP) is 2.50. The number of aromatic amines is 1. The maximum absolute atomic E-state index is 12.0. The standard InChI is InChI=1S/C15H18Cl2N6O/c1-7(4-11(18)13(16)17)14(24)21-15-19-5-10(6-20-15)12-8(2)22-23-9(12)3/h5-6,11,13H,1,4,18H2,2-3H3,(H,22,23)(H,19,20,21,24)/t11-/m0/s1. The summed E-state index contributed by atoms with van der Waals surface area (Å²) in [7, 11) is 0. The molecule has 0 saturated carbocycles. The first kappa shape index (κ1) is 18.4. The van der Waals surface area contributed by atoms with Crippen molar-refractivity contribution in [3.63, 3.8) is 0 Å². The number of rotatable bonds is 6. The number of nitrogens with two attached hydrogens (primary N) is 1. The summed E-state index contributed by atoms with van der Waals surface area (Å²) >= 11 is 11.3. The molecule has 0 unspecified atom stereocenters. The Labute approximate surface area is 149 Å². The molecule has 1 amide bonds. The summed E-state index contributed by atoms with van der Waals surface area (Å²) < 4.78 is 0. The van der Waals surface area contributed by atoms with Gasteiger partial charge in [0.05, 0.1) is 5.69 Å². The number of halogens is 2. The maximum atomic E-state index is 12.0. The van der Waals surface area contributed by atoms with Crippen LogP contribution >= 0.6 is 23.2 Å². The van der Waals surface area contributed by atoms with Gasteiger partial charge in [0.2, 0.25) is 5.95 Å². The Hall–Kier alpha value is -1.96. The Morgan fingerprint density at radius 3 is 2.50 bits per heavy atom. The molecule has 0 saturated heterocycles. The molecule has 0 aliphatic heterocycles. The van der Waals surface area contributed by atoms with E-state index >= 15 is 0 Å². The Bertz CT molecular complexity index is 721. The number of alkyl halides is 2. The Morgan fingerprint density at radius 2 is 2.00 bits per heavy atom. The van der Waals surface area contributed by atoms with Crippen LogP contribution in [0.1, 0.15) is 17.8 Å². The van der Waals surface area contributed by atoms with Gasteiger partial charge in [0.1, 0.15) is 4.84 Å². The fourth-order valence-corrected chi connectivity index (χ4v) is 2.33. The summed E-state index contributed by atoms with van der Waals surface area (Å²) in [5.41, 5.74) is 9.49. The van der Waals surface area contributed by atoms with Crippen LogP contribution in [-0.2, 0) is 4.79 Å². The highest BCUT2D eigenvalue weighted by atomic mass is 35.5. The second-order valence-electron chi connectivity index (χ2n) is 5.36. The van der Waals surface area contributed by atoms with Crippen LogP contribution in [-0.4, -0.2) is 37.0 Å². The molecule has 2 aromatic rings. The van der Waals surface area contributed by atoms with Gasteiger partial charge in [-0.3, -0.25) is 15.2 Å². The van der Waals surface area contributed by atoms with Gasteiger partial charge in [0, 0.05) is 40.8 Å². The van der Waals surface area contributed by atoms with Crippen molar-refractivity contribution < 1.29 is 4.79 Å². The smallest absolute Gasteiger partial charge is 0.253 e. The maximum Gasteiger partial charge on any atom is 0.253 e. The third-order valence-electron chi connectivity index (χ3n) is 3.42. The minimum absolute atomic E-state index is 0.172. The van der Waals surface area contributed by atoms with E-state index in [9.17, 15) is 4.79 Å². The van der Waals surface area contributed by atoms with E-state index in [4.69, 9.17) is 28.9 Å². The lowest BCUT2D eigenvalue weighted by Gasteiger charge is -2.13. The van der Waals surface area contributed by atoms with Crippen molar-refractivity contribution in [1.29, 1.82) is 0 Å². The lowest BCUT2D eigenvalue weighted by Crippen LogP contribution is -2.30. The first-order chi connectivity index (χ1) is 11.3. The minimum atomic E-state index is -0.772. The first-order valence-corrected chi connectivity index (χ1v) is 8.03. The normalized spacial score (nSPS) is 12.2. The lowest BCUT2D eigenvalue weighted by atomic mass is 10.1. The van der Waals surface area contributed by atoms with E-state index < -0.39 is 16.8 Å². The number of amides is 1. The minimum Gasteiger partial charge on any atom is -0.325 e. The molecule has 0 aliphatic carbocycles. The van der Waals surface area contributed by atoms with Gasteiger partial charge < -0.3 is 5.73 Å². The number of nitrogens with zero attached hydrogens (tertiary/aromatic N) is 3. The van der Waals surface area contributed by atoms with Crippen molar-refractivity contribution in [2.45, 2.75) is 31.1 Å². The van der Waals surface area contributed by atoms with Gasteiger partial charge in [-0.1, -0.05) is 6.58 Å². The zero-order valence-corrected chi connectivity index (χ0v) is 14.8. The highest BCUT2D eigenvalue weighted by Gasteiger charge is 2.18. The van der Waals surface area contributed by atoms with Gasteiger partial charge in [-0.15, -0.1) is 23.2 Å². The monoisotopic (exact) mass is 368 g/mol. The zero-order chi connectivity index (χ0) is 17.9. The Kier molecular flexibility index (Phi) is 5.93. The van der Waals surface area contributed by atoms with Crippen LogP contribution in [0.4, 0.5) is 5.95 Å². The third-order valence-corrected chi connectivity index (χ3v) is 4.07. The van der Waals surface area contributed by atoms with Crippen molar-refractivity contribution in [2.24, 2.45) is 5.73 Å². The third kappa shape index (κ3) is 4.31. The molecule has 0 radical (unpaired) electrons. The number of hydrogen-bond acceptors (Lipinski definition) is 5. The number of aryl methyl sites for hydroxylation is 2. The summed E-state index contributed by atoms with van der Waals surface area (Å²) in [6.45, 7) is 7.48. The lowest BCUT2D eigenvalue weighted by molar-refractivity contribution is -0.113. The van der Waals surface area contributed by atoms with Crippen molar-refractivity contribution in [3.05, 3.63) is 35.9 Å². The molecule has 0 aromatic carbocycles. The predicted molar refractivity (Wildman–Crippen MR) is 94.9 cm³/mol. The van der Waals surface area contributed by atoms with E-state index in [1.54, 1.807) is 12.4 Å². The molecule has 128 valence electrons. The number of H-pyrrole nitrogens is 1. The molecule has 7 nitrogen and oxygen atoms in total. The van der Waals surface area contributed by atoms with Gasteiger partial charge in [0.15, 0.2) is 0 Å². The fraction of sp³-hybridized carbons (Fsp3) is 0.333. The van der Waals surface area contributed by atoms with E-state index in [1.807, 2.05) is 13.8 Å². The molecule has 4 N–H and O–H groups in total. The van der Waals surface area contributed by atoms with Crippen LogP contribution < -0.4 is 11.1 Å².